The molecule has 1 saturated heterocycles. The van der Waals surface area contributed by atoms with Gasteiger partial charge in [-0.25, -0.2) is 0 Å². The lowest BCUT2D eigenvalue weighted by Crippen LogP contribution is -2.45. The Labute approximate surface area is 81.9 Å². The van der Waals surface area contributed by atoms with E-state index < -0.39 is 0 Å². The summed E-state index contributed by atoms with van der Waals surface area (Å²) in [6.45, 7) is 6.49. The van der Waals surface area contributed by atoms with E-state index in [1.165, 1.54) is 58.4 Å². The SMILES string of the molecule is CN1CCN(CCC2CCC2)CC1. The number of likely N-dealkylation sites (N-methyl/N-ethyl adjacent to an activating group) is 1. The smallest absolute Gasteiger partial charge is 0.0110 e. The maximum absolute atomic E-state index is 2.64. The van der Waals surface area contributed by atoms with Crippen molar-refractivity contribution in [3.05, 3.63) is 0 Å². The number of nitrogens with zero attached hydrogens (tertiary/aromatic N) is 2. The molecule has 0 aromatic carbocycles. The fourth-order valence-corrected chi connectivity index (χ4v) is 2.22. The molecule has 2 nitrogen and oxygen atoms in total. The average molecular weight is 182 g/mol. The van der Waals surface area contributed by atoms with Crippen LogP contribution in [0.25, 0.3) is 0 Å². The first-order valence-electron chi connectivity index (χ1n) is 5.75. The zero-order valence-corrected chi connectivity index (χ0v) is 8.84. The minimum atomic E-state index is 1.08. The summed E-state index contributed by atoms with van der Waals surface area (Å²) in [5.41, 5.74) is 0. The third-order valence-corrected chi connectivity index (χ3v) is 3.67. The molecule has 0 aromatic rings. The molecule has 2 aliphatic rings. The van der Waals surface area contributed by atoms with Gasteiger partial charge in [-0.05, 0) is 25.9 Å². The summed E-state index contributed by atoms with van der Waals surface area (Å²) in [6.07, 6.45) is 5.97. The highest BCUT2D eigenvalue weighted by atomic mass is 15.2. The Morgan fingerprint density at radius 3 is 2.31 bits per heavy atom. The predicted molar refractivity (Wildman–Crippen MR) is 55.9 cm³/mol. The number of hydrogen-bond donors (Lipinski definition) is 0. The number of piperazine rings is 1. The van der Waals surface area contributed by atoms with Crippen molar-refractivity contribution in [3.63, 3.8) is 0 Å². The summed E-state index contributed by atoms with van der Waals surface area (Å²) in [7, 11) is 2.23. The van der Waals surface area contributed by atoms with Crippen LogP contribution in [0.3, 0.4) is 0 Å². The normalized spacial score (nSPS) is 27.5. The van der Waals surface area contributed by atoms with Crippen LogP contribution in [0.15, 0.2) is 0 Å². The summed E-state index contributed by atoms with van der Waals surface area (Å²) in [4.78, 5) is 5.07. The summed E-state index contributed by atoms with van der Waals surface area (Å²) < 4.78 is 0. The van der Waals surface area contributed by atoms with Crippen molar-refractivity contribution in [3.8, 4) is 0 Å². The summed E-state index contributed by atoms with van der Waals surface area (Å²) in [5.74, 6) is 1.08. The lowest BCUT2D eigenvalue weighted by Gasteiger charge is -2.34. The zero-order chi connectivity index (χ0) is 9.10. The predicted octanol–water partition coefficient (Wildman–Crippen LogP) is 1.42. The minimum Gasteiger partial charge on any atom is -0.304 e. The van der Waals surface area contributed by atoms with Gasteiger partial charge in [0.1, 0.15) is 0 Å². The van der Waals surface area contributed by atoms with Gasteiger partial charge in [-0.3, -0.25) is 0 Å². The van der Waals surface area contributed by atoms with E-state index in [1.807, 2.05) is 0 Å². The minimum absolute atomic E-state index is 1.08. The van der Waals surface area contributed by atoms with Crippen LogP contribution >= 0.6 is 0 Å². The van der Waals surface area contributed by atoms with Gasteiger partial charge in [0.15, 0.2) is 0 Å². The molecule has 1 saturated carbocycles. The molecule has 13 heavy (non-hydrogen) atoms. The Bertz CT molecular complexity index is 146. The largest absolute Gasteiger partial charge is 0.304 e. The Morgan fingerprint density at radius 1 is 1.08 bits per heavy atom. The molecule has 0 radical (unpaired) electrons. The number of rotatable bonds is 3. The van der Waals surface area contributed by atoms with Gasteiger partial charge in [-0.2, -0.15) is 0 Å². The Balaban J connectivity index is 1.59. The molecule has 0 unspecified atom stereocenters. The van der Waals surface area contributed by atoms with E-state index >= 15 is 0 Å². The highest BCUT2D eigenvalue weighted by molar-refractivity contribution is 4.74. The van der Waals surface area contributed by atoms with Gasteiger partial charge in [-0.15, -0.1) is 0 Å². The van der Waals surface area contributed by atoms with Crippen molar-refractivity contribution in [2.75, 3.05) is 39.8 Å². The van der Waals surface area contributed by atoms with Crippen LogP contribution < -0.4 is 0 Å². The molecule has 0 N–H and O–H groups in total. The van der Waals surface area contributed by atoms with Gasteiger partial charge in [0, 0.05) is 26.2 Å². The third-order valence-electron chi connectivity index (χ3n) is 3.67. The van der Waals surface area contributed by atoms with E-state index in [9.17, 15) is 0 Å². The topological polar surface area (TPSA) is 6.48 Å². The second-order valence-corrected chi connectivity index (χ2v) is 4.73. The van der Waals surface area contributed by atoms with Crippen LogP contribution in [0.4, 0.5) is 0 Å². The molecular formula is C11H22N2. The standard InChI is InChI=1S/C11H22N2/c1-12-7-9-13(10-8-12)6-5-11-3-2-4-11/h11H,2-10H2,1H3. The van der Waals surface area contributed by atoms with Crippen molar-refractivity contribution in [1.29, 1.82) is 0 Å². The molecule has 1 aliphatic heterocycles. The molecular weight excluding hydrogens is 160 g/mol. The molecule has 0 atom stereocenters. The van der Waals surface area contributed by atoms with Crippen LogP contribution in [-0.4, -0.2) is 49.6 Å². The summed E-state index contributed by atoms with van der Waals surface area (Å²) in [6, 6.07) is 0. The first kappa shape index (κ1) is 9.47. The van der Waals surface area contributed by atoms with E-state index in [0.29, 0.717) is 0 Å². The molecule has 76 valence electrons. The molecule has 1 heterocycles. The van der Waals surface area contributed by atoms with Gasteiger partial charge in [0.05, 0.1) is 0 Å². The third kappa shape index (κ3) is 2.68. The van der Waals surface area contributed by atoms with Crippen LogP contribution in [0.2, 0.25) is 0 Å². The fourth-order valence-electron chi connectivity index (χ4n) is 2.22. The van der Waals surface area contributed by atoms with Crippen molar-refractivity contribution in [2.24, 2.45) is 5.92 Å². The second-order valence-electron chi connectivity index (χ2n) is 4.73. The second kappa shape index (κ2) is 4.43. The van der Waals surface area contributed by atoms with Crippen LogP contribution in [0.5, 0.6) is 0 Å². The summed E-state index contributed by atoms with van der Waals surface area (Å²) in [5, 5.41) is 0. The van der Waals surface area contributed by atoms with Crippen molar-refractivity contribution in [1.82, 2.24) is 9.80 Å². The molecule has 0 amide bonds. The van der Waals surface area contributed by atoms with Crippen molar-refractivity contribution in [2.45, 2.75) is 25.7 Å². The van der Waals surface area contributed by atoms with E-state index in [-0.39, 0.29) is 0 Å². The molecule has 0 bridgehead atoms. The van der Waals surface area contributed by atoms with Gasteiger partial charge >= 0.3 is 0 Å². The first-order chi connectivity index (χ1) is 6.34. The Kier molecular flexibility index (Phi) is 3.23. The fraction of sp³-hybridized carbons (Fsp3) is 1.00. The zero-order valence-electron chi connectivity index (χ0n) is 8.84. The maximum atomic E-state index is 2.64. The van der Waals surface area contributed by atoms with Gasteiger partial charge in [-0.1, -0.05) is 19.3 Å². The van der Waals surface area contributed by atoms with Crippen LogP contribution in [-0.2, 0) is 0 Å². The number of hydrogen-bond acceptors (Lipinski definition) is 2. The van der Waals surface area contributed by atoms with Crippen LogP contribution in [0.1, 0.15) is 25.7 Å². The maximum Gasteiger partial charge on any atom is 0.0110 e. The molecule has 0 spiro atoms. The quantitative estimate of drug-likeness (QED) is 0.651. The lowest BCUT2D eigenvalue weighted by molar-refractivity contribution is 0.137. The van der Waals surface area contributed by atoms with Gasteiger partial charge in [0.2, 0.25) is 0 Å². The van der Waals surface area contributed by atoms with Crippen LogP contribution in [0, 0.1) is 5.92 Å². The average Bonchev–Trinajstić information content (AvgIpc) is 2.05. The molecule has 1 aliphatic carbocycles. The van der Waals surface area contributed by atoms with Gasteiger partial charge < -0.3 is 9.80 Å². The van der Waals surface area contributed by atoms with Crippen molar-refractivity contribution >= 4 is 0 Å². The Morgan fingerprint density at radius 2 is 1.77 bits per heavy atom. The molecule has 2 heteroatoms. The summed E-state index contributed by atoms with van der Waals surface area (Å²) >= 11 is 0. The Hall–Kier alpha value is -0.0800. The molecule has 2 rings (SSSR count). The van der Waals surface area contributed by atoms with E-state index in [2.05, 4.69) is 16.8 Å². The van der Waals surface area contributed by atoms with E-state index in [1.54, 1.807) is 0 Å². The highest BCUT2D eigenvalue weighted by Gasteiger charge is 2.19. The van der Waals surface area contributed by atoms with E-state index in [0.717, 1.165) is 5.92 Å². The monoisotopic (exact) mass is 182 g/mol. The molecule has 0 aromatic heterocycles. The van der Waals surface area contributed by atoms with E-state index in [4.69, 9.17) is 0 Å². The first-order valence-corrected chi connectivity index (χ1v) is 5.75. The molecule has 2 fully saturated rings. The lowest BCUT2D eigenvalue weighted by atomic mass is 9.83. The van der Waals surface area contributed by atoms with Gasteiger partial charge in [0.25, 0.3) is 0 Å². The highest BCUT2D eigenvalue weighted by Crippen LogP contribution is 2.29. The van der Waals surface area contributed by atoms with Crippen molar-refractivity contribution < 1.29 is 0 Å².